The molecule has 0 aliphatic carbocycles. The highest BCUT2D eigenvalue weighted by molar-refractivity contribution is 5.84. The average Bonchev–Trinajstić information content (AvgIpc) is 2.66. The first-order valence-electron chi connectivity index (χ1n) is 5.91. The smallest absolute Gasteiger partial charge is 0.240 e. The van der Waals surface area contributed by atoms with E-state index in [9.17, 15) is 15.0 Å². The topological polar surface area (TPSA) is 72.8 Å². The van der Waals surface area contributed by atoms with Crippen LogP contribution in [0.2, 0.25) is 0 Å². The van der Waals surface area contributed by atoms with Gasteiger partial charge in [0.25, 0.3) is 0 Å². The molecular formula is C11H22N2O3. The molecule has 5 nitrogen and oxygen atoms in total. The molecule has 94 valence electrons. The molecule has 3 N–H and O–H groups in total. The molecule has 1 amide bonds. The van der Waals surface area contributed by atoms with Gasteiger partial charge in [-0.3, -0.25) is 4.79 Å². The van der Waals surface area contributed by atoms with E-state index in [1.807, 2.05) is 13.8 Å². The summed E-state index contributed by atoms with van der Waals surface area (Å²) >= 11 is 0. The van der Waals surface area contributed by atoms with Gasteiger partial charge in [-0.05, 0) is 19.4 Å². The molecule has 16 heavy (non-hydrogen) atoms. The van der Waals surface area contributed by atoms with E-state index >= 15 is 0 Å². The van der Waals surface area contributed by atoms with Crippen LogP contribution < -0.4 is 5.32 Å². The van der Waals surface area contributed by atoms with Crippen molar-refractivity contribution in [2.24, 2.45) is 0 Å². The number of aliphatic hydroxyl groups is 2. The molecule has 0 aromatic carbocycles. The normalized spacial score (nSPS) is 21.9. The van der Waals surface area contributed by atoms with Crippen LogP contribution in [0.15, 0.2) is 0 Å². The fourth-order valence-corrected chi connectivity index (χ4v) is 2.22. The van der Waals surface area contributed by atoms with Crippen LogP contribution in [0.1, 0.15) is 26.7 Å². The number of nitrogens with zero attached hydrogens (tertiary/aromatic N) is 1. The number of hydrogen-bond donors (Lipinski definition) is 3. The molecule has 1 fully saturated rings. The van der Waals surface area contributed by atoms with Crippen LogP contribution in [-0.2, 0) is 4.79 Å². The van der Waals surface area contributed by atoms with Gasteiger partial charge in [-0.1, -0.05) is 13.8 Å². The van der Waals surface area contributed by atoms with E-state index in [4.69, 9.17) is 0 Å². The number of aliphatic hydroxyl groups excluding tert-OH is 2. The molecule has 1 heterocycles. The molecule has 1 rings (SSSR count). The van der Waals surface area contributed by atoms with Crippen molar-refractivity contribution in [3.05, 3.63) is 0 Å². The van der Waals surface area contributed by atoms with Crippen molar-refractivity contribution in [1.82, 2.24) is 10.2 Å². The molecule has 0 bridgehead atoms. The Morgan fingerprint density at radius 3 is 2.50 bits per heavy atom. The van der Waals surface area contributed by atoms with Gasteiger partial charge in [-0.2, -0.15) is 0 Å². The molecule has 1 atom stereocenters. The predicted molar refractivity (Wildman–Crippen MR) is 61.0 cm³/mol. The minimum Gasteiger partial charge on any atom is -0.394 e. The third-order valence-electron chi connectivity index (χ3n) is 3.48. The monoisotopic (exact) mass is 230 g/mol. The number of likely N-dealkylation sites (tertiary alicyclic amines) is 1. The molecule has 1 aliphatic heterocycles. The van der Waals surface area contributed by atoms with Gasteiger partial charge in [-0.15, -0.1) is 0 Å². The zero-order valence-corrected chi connectivity index (χ0v) is 10.1. The highest BCUT2D eigenvalue weighted by atomic mass is 16.3. The largest absolute Gasteiger partial charge is 0.394 e. The van der Waals surface area contributed by atoms with Gasteiger partial charge in [0.2, 0.25) is 5.91 Å². The maximum absolute atomic E-state index is 12.1. The maximum atomic E-state index is 12.1. The second kappa shape index (κ2) is 5.61. The molecule has 5 heteroatoms. The highest BCUT2D eigenvalue weighted by Crippen LogP contribution is 2.25. The lowest BCUT2D eigenvalue weighted by Gasteiger charge is -2.38. The fourth-order valence-electron chi connectivity index (χ4n) is 2.22. The van der Waals surface area contributed by atoms with E-state index < -0.39 is 5.54 Å². The Morgan fingerprint density at radius 2 is 2.06 bits per heavy atom. The van der Waals surface area contributed by atoms with Crippen LogP contribution in [0, 0.1) is 0 Å². The molecule has 1 aliphatic rings. The lowest BCUT2D eigenvalue weighted by Crippen LogP contribution is -2.56. The number of nitrogens with one attached hydrogen (secondary N) is 1. The quantitative estimate of drug-likeness (QED) is 0.566. The van der Waals surface area contributed by atoms with Crippen LogP contribution in [0.5, 0.6) is 0 Å². The van der Waals surface area contributed by atoms with Gasteiger partial charge in [-0.25, -0.2) is 0 Å². The molecule has 1 saturated heterocycles. The molecule has 0 saturated carbocycles. The molecule has 0 aromatic heterocycles. The number of likely N-dealkylation sites (N-methyl/N-ethyl adjacent to an activating group) is 1. The summed E-state index contributed by atoms with van der Waals surface area (Å²) in [6, 6.07) is -0.158. The minimum atomic E-state index is -0.790. The van der Waals surface area contributed by atoms with Crippen molar-refractivity contribution in [3.8, 4) is 0 Å². The van der Waals surface area contributed by atoms with E-state index in [1.54, 1.807) is 4.90 Å². The van der Waals surface area contributed by atoms with Crippen molar-refractivity contribution in [1.29, 1.82) is 0 Å². The van der Waals surface area contributed by atoms with Crippen molar-refractivity contribution in [2.75, 3.05) is 26.3 Å². The Labute approximate surface area is 96.4 Å². The van der Waals surface area contributed by atoms with Crippen molar-refractivity contribution >= 4 is 5.91 Å². The Morgan fingerprint density at radius 1 is 1.44 bits per heavy atom. The van der Waals surface area contributed by atoms with E-state index in [0.717, 1.165) is 13.0 Å². The van der Waals surface area contributed by atoms with Gasteiger partial charge in [0, 0.05) is 6.54 Å². The summed E-state index contributed by atoms with van der Waals surface area (Å²) in [6.07, 6.45) is 1.30. The lowest BCUT2D eigenvalue weighted by molar-refractivity contribution is -0.139. The van der Waals surface area contributed by atoms with Gasteiger partial charge in [0.15, 0.2) is 0 Å². The van der Waals surface area contributed by atoms with Crippen LogP contribution in [0.3, 0.4) is 0 Å². The van der Waals surface area contributed by atoms with Crippen LogP contribution >= 0.6 is 0 Å². The summed E-state index contributed by atoms with van der Waals surface area (Å²) in [6.45, 7) is 4.81. The molecular weight excluding hydrogens is 208 g/mol. The summed E-state index contributed by atoms with van der Waals surface area (Å²) in [5.74, 6) is -0.00759. The van der Waals surface area contributed by atoms with Crippen LogP contribution in [0.4, 0.5) is 0 Å². The summed E-state index contributed by atoms with van der Waals surface area (Å²) in [5, 5.41) is 21.9. The third kappa shape index (κ3) is 2.21. The SMILES string of the molecule is CCNC1CCN(C(CC)(CO)CO)C1=O. The zero-order chi connectivity index (χ0) is 12.2. The van der Waals surface area contributed by atoms with Crippen molar-refractivity contribution < 1.29 is 15.0 Å². The number of carbonyl (C=O) groups excluding carboxylic acids is 1. The Bertz CT molecular complexity index is 233. The van der Waals surface area contributed by atoms with Gasteiger partial charge < -0.3 is 20.4 Å². The Hall–Kier alpha value is -0.650. The second-order valence-electron chi connectivity index (χ2n) is 4.28. The summed E-state index contributed by atoms with van der Waals surface area (Å²) < 4.78 is 0. The van der Waals surface area contributed by atoms with E-state index in [-0.39, 0.29) is 25.2 Å². The molecule has 0 spiro atoms. The van der Waals surface area contributed by atoms with Crippen molar-refractivity contribution in [3.63, 3.8) is 0 Å². The highest BCUT2D eigenvalue weighted by Gasteiger charge is 2.43. The first kappa shape index (κ1) is 13.4. The number of hydrogen-bond acceptors (Lipinski definition) is 4. The Kier molecular flexibility index (Phi) is 4.70. The second-order valence-corrected chi connectivity index (χ2v) is 4.28. The van der Waals surface area contributed by atoms with Gasteiger partial charge >= 0.3 is 0 Å². The maximum Gasteiger partial charge on any atom is 0.240 e. The predicted octanol–water partition coefficient (Wildman–Crippen LogP) is -0.670. The Balaban J connectivity index is 2.77. The first-order chi connectivity index (χ1) is 7.65. The van der Waals surface area contributed by atoms with Crippen LogP contribution in [0.25, 0.3) is 0 Å². The summed E-state index contributed by atoms with van der Waals surface area (Å²) in [4.78, 5) is 13.7. The zero-order valence-electron chi connectivity index (χ0n) is 10.1. The van der Waals surface area contributed by atoms with Gasteiger partial charge in [0.1, 0.15) is 0 Å². The molecule has 0 aromatic rings. The number of rotatable bonds is 6. The first-order valence-corrected chi connectivity index (χ1v) is 5.91. The average molecular weight is 230 g/mol. The van der Waals surface area contributed by atoms with E-state index in [1.165, 1.54) is 0 Å². The number of amides is 1. The van der Waals surface area contributed by atoms with E-state index in [0.29, 0.717) is 13.0 Å². The van der Waals surface area contributed by atoms with Crippen molar-refractivity contribution in [2.45, 2.75) is 38.3 Å². The van der Waals surface area contributed by atoms with Gasteiger partial charge in [0.05, 0.1) is 24.8 Å². The van der Waals surface area contributed by atoms with Crippen LogP contribution in [-0.4, -0.2) is 58.9 Å². The third-order valence-corrected chi connectivity index (χ3v) is 3.48. The molecule has 0 radical (unpaired) electrons. The molecule has 1 unspecified atom stereocenters. The fraction of sp³-hybridized carbons (Fsp3) is 0.909. The summed E-state index contributed by atoms with van der Waals surface area (Å²) in [7, 11) is 0. The lowest BCUT2D eigenvalue weighted by atomic mass is 9.96. The van der Waals surface area contributed by atoms with E-state index in [2.05, 4.69) is 5.32 Å². The summed E-state index contributed by atoms with van der Waals surface area (Å²) in [5.41, 5.74) is -0.790. The standard InChI is InChI=1S/C11H22N2O3/c1-3-11(7-14,8-15)13-6-5-9(10(13)16)12-4-2/h9,12,14-15H,3-8H2,1-2H3. The number of carbonyl (C=O) groups is 1. The minimum absolute atomic E-state index is 0.00759.